The van der Waals surface area contributed by atoms with Crippen LogP contribution in [0.25, 0.3) is 0 Å². The van der Waals surface area contributed by atoms with Gasteiger partial charge >= 0.3 is 0 Å². The quantitative estimate of drug-likeness (QED) is 0.755. The third kappa shape index (κ3) is 2.96. The van der Waals surface area contributed by atoms with E-state index in [1.807, 2.05) is 0 Å². The fraction of sp³-hybridized carbons (Fsp3) is 0.182. The summed E-state index contributed by atoms with van der Waals surface area (Å²) in [4.78, 5) is 23.6. The molecular weight excluding hydrogens is 384 g/mol. The molecule has 0 aromatic carbocycles. The minimum Gasteiger partial charge on any atom is -0.292 e. The number of halogens is 2. The number of thiophene rings is 1. The SMILES string of the molecule is Cc1ccc(=O)n(CC(=O)c2cc(Br)sc2Br)n1. The molecule has 4 nitrogen and oxygen atoms in total. The Hall–Kier alpha value is -0.790. The zero-order valence-electron chi connectivity index (χ0n) is 9.31. The van der Waals surface area contributed by atoms with Gasteiger partial charge in [-0.25, -0.2) is 4.68 Å². The van der Waals surface area contributed by atoms with Gasteiger partial charge in [0.15, 0.2) is 5.78 Å². The summed E-state index contributed by atoms with van der Waals surface area (Å²) in [7, 11) is 0. The maximum Gasteiger partial charge on any atom is 0.267 e. The molecule has 0 unspecified atom stereocenters. The summed E-state index contributed by atoms with van der Waals surface area (Å²) in [6.45, 7) is 1.72. The molecule has 0 aliphatic rings. The Labute approximate surface area is 124 Å². The van der Waals surface area contributed by atoms with E-state index in [4.69, 9.17) is 0 Å². The molecule has 2 aromatic rings. The number of aryl methyl sites for hydroxylation is 1. The lowest BCUT2D eigenvalue weighted by Crippen LogP contribution is -2.26. The van der Waals surface area contributed by atoms with Gasteiger partial charge in [0.1, 0.15) is 6.54 Å². The third-order valence-electron chi connectivity index (χ3n) is 2.25. The second-order valence-corrected chi connectivity index (χ2v) is 7.38. The molecule has 18 heavy (non-hydrogen) atoms. The molecule has 7 heteroatoms. The molecule has 0 amide bonds. The van der Waals surface area contributed by atoms with Crippen LogP contribution in [-0.4, -0.2) is 15.6 Å². The van der Waals surface area contributed by atoms with Gasteiger partial charge in [0.05, 0.1) is 13.3 Å². The molecule has 0 N–H and O–H groups in total. The number of aromatic nitrogens is 2. The van der Waals surface area contributed by atoms with Crippen LogP contribution in [-0.2, 0) is 6.54 Å². The number of nitrogens with zero attached hydrogens (tertiary/aromatic N) is 2. The first-order valence-electron chi connectivity index (χ1n) is 5.00. The summed E-state index contributed by atoms with van der Waals surface area (Å²) in [5.41, 5.74) is 0.981. The third-order valence-corrected chi connectivity index (χ3v) is 4.59. The highest BCUT2D eigenvalue weighted by Crippen LogP contribution is 2.32. The lowest BCUT2D eigenvalue weighted by molar-refractivity contribution is 0.0965. The molecule has 0 aliphatic heterocycles. The van der Waals surface area contributed by atoms with E-state index in [0.29, 0.717) is 11.3 Å². The number of carbonyl (C=O) groups is 1. The fourth-order valence-electron chi connectivity index (χ4n) is 1.42. The summed E-state index contributed by atoms with van der Waals surface area (Å²) in [5, 5.41) is 4.03. The van der Waals surface area contributed by atoms with Crippen molar-refractivity contribution in [3.8, 4) is 0 Å². The Morgan fingerprint density at radius 1 is 1.44 bits per heavy atom. The van der Waals surface area contributed by atoms with E-state index in [1.54, 1.807) is 19.1 Å². The van der Waals surface area contributed by atoms with Gasteiger partial charge in [-0.05, 0) is 50.9 Å². The first-order valence-corrected chi connectivity index (χ1v) is 7.40. The normalized spacial score (nSPS) is 10.6. The van der Waals surface area contributed by atoms with Gasteiger partial charge in [0.2, 0.25) is 0 Å². The van der Waals surface area contributed by atoms with Gasteiger partial charge in [-0.1, -0.05) is 0 Å². The Balaban J connectivity index is 2.29. The molecule has 0 aliphatic carbocycles. The average molecular weight is 392 g/mol. The van der Waals surface area contributed by atoms with Crippen LogP contribution in [0.15, 0.2) is 30.6 Å². The maximum atomic E-state index is 12.1. The van der Waals surface area contributed by atoms with Crippen molar-refractivity contribution in [3.63, 3.8) is 0 Å². The molecule has 2 heterocycles. The minimum absolute atomic E-state index is 0.0533. The zero-order valence-corrected chi connectivity index (χ0v) is 13.3. The largest absolute Gasteiger partial charge is 0.292 e. The number of rotatable bonds is 3. The first-order chi connectivity index (χ1) is 8.47. The van der Waals surface area contributed by atoms with Crippen LogP contribution in [0.2, 0.25) is 0 Å². The molecule has 0 atom stereocenters. The van der Waals surface area contributed by atoms with Crippen molar-refractivity contribution in [1.29, 1.82) is 0 Å². The van der Waals surface area contributed by atoms with Gasteiger partial charge in [0.25, 0.3) is 5.56 Å². The van der Waals surface area contributed by atoms with Crippen LogP contribution in [0.5, 0.6) is 0 Å². The highest BCUT2D eigenvalue weighted by atomic mass is 79.9. The Morgan fingerprint density at radius 2 is 2.17 bits per heavy atom. The number of Topliss-reactive ketones (excluding diaryl/α,β-unsaturated/α-hetero) is 1. The Morgan fingerprint density at radius 3 is 2.78 bits per heavy atom. The molecule has 0 saturated carbocycles. The van der Waals surface area contributed by atoms with Gasteiger partial charge in [-0.15, -0.1) is 11.3 Å². The predicted octanol–water partition coefficient (Wildman–Crippen LogP) is 3.02. The molecule has 2 rings (SSSR count). The van der Waals surface area contributed by atoms with Gasteiger partial charge in [0, 0.05) is 11.6 Å². The van der Waals surface area contributed by atoms with Crippen molar-refractivity contribution in [2.45, 2.75) is 13.5 Å². The average Bonchev–Trinajstić information content (AvgIpc) is 2.63. The van der Waals surface area contributed by atoms with E-state index in [-0.39, 0.29) is 17.9 Å². The van der Waals surface area contributed by atoms with Gasteiger partial charge in [-0.2, -0.15) is 5.10 Å². The predicted molar refractivity (Wildman–Crippen MR) is 77.3 cm³/mol. The first kappa shape index (κ1) is 13.6. The van der Waals surface area contributed by atoms with Crippen LogP contribution >= 0.6 is 43.2 Å². The summed E-state index contributed by atoms with van der Waals surface area (Å²) in [6.07, 6.45) is 0. The van der Waals surface area contributed by atoms with Crippen LogP contribution < -0.4 is 5.56 Å². The van der Waals surface area contributed by atoms with E-state index in [1.165, 1.54) is 22.1 Å². The van der Waals surface area contributed by atoms with Gasteiger partial charge < -0.3 is 0 Å². The summed E-state index contributed by atoms with van der Waals surface area (Å²) < 4.78 is 2.79. The van der Waals surface area contributed by atoms with Crippen LogP contribution in [0.4, 0.5) is 0 Å². The van der Waals surface area contributed by atoms with Crippen molar-refractivity contribution in [2.75, 3.05) is 0 Å². The number of hydrogen-bond acceptors (Lipinski definition) is 4. The smallest absolute Gasteiger partial charge is 0.267 e. The lowest BCUT2D eigenvalue weighted by Gasteiger charge is -2.03. The monoisotopic (exact) mass is 390 g/mol. The van der Waals surface area contributed by atoms with Crippen LogP contribution in [0, 0.1) is 6.92 Å². The maximum absolute atomic E-state index is 12.1. The summed E-state index contributed by atoms with van der Waals surface area (Å²) in [5.74, 6) is -0.149. The number of carbonyl (C=O) groups excluding carboxylic acids is 1. The lowest BCUT2D eigenvalue weighted by atomic mass is 10.2. The second kappa shape index (κ2) is 5.46. The van der Waals surface area contributed by atoms with E-state index < -0.39 is 0 Å². The molecule has 0 fully saturated rings. The van der Waals surface area contributed by atoms with Crippen LogP contribution in [0.3, 0.4) is 0 Å². The topological polar surface area (TPSA) is 52.0 Å². The molecule has 0 spiro atoms. The van der Waals surface area contributed by atoms with Crippen molar-refractivity contribution in [1.82, 2.24) is 9.78 Å². The Bertz CT molecular complexity index is 663. The number of ketones is 1. The van der Waals surface area contributed by atoms with E-state index in [2.05, 4.69) is 37.0 Å². The molecule has 0 bridgehead atoms. The van der Waals surface area contributed by atoms with Crippen molar-refractivity contribution in [2.24, 2.45) is 0 Å². The molecule has 0 radical (unpaired) electrons. The fourth-order valence-corrected chi connectivity index (χ4v) is 4.27. The minimum atomic E-state index is -0.278. The van der Waals surface area contributed by atoms with E-state index >= 15 is 0 Å². The molecular formula is C11H8Br2N2O2S. The summed E-state index contributed by atoms with van der Waals surface area (Å²) >= 11 is 8.06. The second-order valence-electron chi connectivity index (χ2n) is 3.63. The van der Waals surface area contributed by atoms with Gasteiger partial charge in [-0.3, -0.25) is 9.59 Å². The standard InChI is InChI=1S/C11H8Br2N2O2S/c1-6-2-3-10(17)15(14-6)5-8(16)7-4-9(12)18-11(7)13/h2-4H,5H2,1H3. The van der Waals surface area contributed by atoms with Crippen LogP contribution in [0.1, 0.15) is 16.1 Å². The highest BCUT2D eigenvalue weighted by Gasteiger charge is 2.15. The molecule has 2 aromatic heterocycles. The Kier molecular flexibility index (Phi) is 4.14. The molecule has 0 saturated heterocycles. The van der Waals surface area contributed by atoms with Crippen molar-refractivity contribution >= 4 is 49.0 Å². The number of hydrogen-bond donors (Lipinski definition) is 0. The van der Waals surface area contributed by atoms with E-state index in [9.17, 15) is 9.59 Å². The highest BCUT2D eigenvalue weighted by molar-refractivity contribution is 9.12. The van der Waals surface area contributed by atoms with E-state index in [0.717, 1.165) is 7.57 Å². The molecule has 94 valence electrons. The summed E-state index contributed by atoms with van der Waals surface area (Å²) in [6, 6.07) is 4.77. The zero-order chi connectivity index (χ0) is 13.3. The van der Waals surface area contributed by atoms with Crippen molar-refractivity contribution in [3.05, 3.63) is 47.4 Å². The van der Waals surface area contributed by atoms with Crippen molar-refractivity contribution < 1.29 is 4.79 Å².